The van der Waals surface area contributed by atoms with Crippen molar-refractivity contribution < 1.29 is 18.9 Å². The van der Waals surface area contributed by atoms with Crippen LogP contribution in [-0.4, -0.2) is 41.8 Å². The van der Waals surface area contributed by atoms with Crippen molar-refractivity contribution in [3.8, 4) is 0 Å². The summed E-state index contributed by atoms with van der Waals surface area (Å²) in [4.78, 5) is 34.8. The molecule has 1 rings (SSSR count). The zero-order valence-electron chi connectivity index (χ0n) is 12.0. The van der Waals surface area contributed by atoms with Gasteiger partial charge in [0, 0.05) is 25.7 Å². The summed E-state index contributed by atoms with van der Waals surface area (Å²) in [5.41, 5.74) is -0.837. The van der Waals surface area contributed by atoms with Crippen LogP contribution in [-0.2, 0) is 4.79 Å². The molecule has 0 radical (unpaired) electrons. The molecule has 2 amide bonds. The molecule has 1 aromatic carbocycles. The summed E-state index contributed by atoms with van der Waals surface area (Å²) in [6.45, 7) is 3.27. The Morgan fingerprint density at radius 3 is 2.57 bits per heavy atom. The minimum Gasteiger partial charge on any atom is -0.345 e. The lowest BCUT2D eigenvalue weighted by Crippen LogP contribution is -2.38. The molecule has 0 spiro atoms. The lowest BCUT2D eigenvalue weighted by molar-refractivity contribution is -0.385. The maximum absolute atomic E-state index is 13.9. The number of nitrogens with one attached hydrogen (secondary N) is 1. The van der Waals surface area contributed by atoms with Crippen LogP contribution >= 0.6 is 0 Å². The molecule has 0 saturated carbocycles. The van der Waals surface area contributed by atoms with Crippen LogP contribution in [0.2, 0.25) is 0 Å². The molecule has 0 aliphatic rings. The molecule has 114 valence electrons. The number of nitrogens with zero attached hydrogens (tertiary/aromatic N) is 2. The third-order valence-electron chi connectivity index (χ3n) is 3.00. The van der Waals surface area contributed by atoms with Gasteiger partial charge < -0.3 is 10.2 Å². The Bertz CT molecular complexity index is 589. The second-order valence-corrected chi connectivity index (χ2v) is 4.47. The molecule has 0 aliphatic heterocycles. The number of nitro groups is 1. The second kappa shape index (κ2) is 6.78. The van der Waals surface area contributed by atoms with Gasteiger partial charge in [0.1, 0.15) is 5.82 Å². The minimum atomic E-state index is -0.864. The van der Waals surface area contributed by atoms with E-state index in [0.717, 1.165) is 12.1 Å². The summed E-state index contributed by atoms with van der Waals surface area (Å²) in [5, 5.41) is 13.0. The molecule has 1 aromatic rings. The summed E-state index contributed by atoms with van der Waals surface area (Å²) >= 11 is 0. The Morgan fingerprint density at radius 2 is 2.05 bits per heavy atom. The highest BCUT2D eigenvalue weighted by Gasteiger charge is 2.20. The number of hydrogen-bond acceptors (Lipinski definition) is 4. The highest BCUT2D eigenvalue weighted by Crippen LogP contribution is 2.20. The molecular formula is C13H16FN3O4. The number of halogens is 1. The van der Waals surface area contributed by atoms with Gasteiger partial charge in [0.05, 0.1) is 17.0 Å². The van der Waals surface area contributed by atoms with E-state index < -0.39 is 22.2 Å². The van der Waals surface area contributed by atoms with Crippen LogP contribution in [0.25, 0.3) is 0 Å². The Labute approximate surface area is 120 Å². The summed E-state index contributed by atoms with van der Waals surface area (Å²) < 4.78 is 13.9. The largest absolute Gasteiger partial charge is 0.345 e. The van der Waals surface area contributed by atoms with Crippen LogP contribution in [0.5, 0.6) is 0 Å². The highest BCUT2D eigenvalue weighted by atomic mass is 19.1. The average molecular weight is 297 g/mol. The Kier molecular flexibility index (Phi) is 5.34. The molecule has 21 heavy (non-hydrogen) atoms. The van der Waals surface area contributed by atoms with E-state index in [1.807, 2.05) is 0 Å². The monoisotopic (exact) mass is 297 g/mol. The molecule has 7 nitrogen and oxygen atoms in total. The molecule has 0 fully saturated rings. The van der Waals surface area contributed by atoms with E-state index in [2.05, 4.69) is 5.32 Å². The van der Waals surface area contributed by atoms with Crippen LogP contribution in [0.3, 0.4) is 0 Å². The number of carbonyl (C=O) groups is 2. The first-order valence-electron chi connectivity index (χ1n) is 6.24. The van der Waals surface area contributed by atoms with Gasteiger partial charge in [-0.05, 0) is 19.4 Å². The SMILES string of the molecule is CCN(C)C(=O)CNC(=O)c1cc([N+](=O)[O-])cc(C)c1F. The third-order valence-corrected chi connectivity index (χ3v) is 3.00. The first kappa shape index (κ1) is 16.5. The first-order valence-corrected chi connectivity index (χ1v) is 6.24. The fraction of sp³-hybridized carbons (Fsp3) is 0.385. The predicted octanol–water partition coefficient (Wildman–Crippen LogP) is 1.25. The highest BCUT2D eigenvalue weighted by molar-refractivity contribution is 5.97. The van der Waals surface area contributed by atoms with Crippen molar-refractivity contribution in [1.82, 2.24) is 10.2 Å². The first-order chi connectivity index (χ1) is 9.77. The number of aryl methyl sites for hydroxylation is 1. The average Bonchev–Trinajstić information content (AvgIpc) is 2.45. The number of rotatable bonds is 5. The van der Waals surface area contributed by atoms with Gasteiger partial charge in [-0.25, -0.2) is 4.39 Å². The summed E-state index contributed by atoms with van der Waals surface area (Å²) in [6, 6.07) is 1.90. The molecule has 0 heterocycles. The molecule has 1 N–H and O–H groups in total. The number of amides is 2. The van der Waals surface area contributed by atoms with Crippen molar-refractivity contribution in [2.24, 2.45) is 0 Å². The Hall–Kier alpha value is -2.51. The molecule has 0 saturated heterocycles. The van der Waals surface area contributed by atoms with Gasteiger partial charge in [-0.1, -0.05) is 0 Å². The quantitative estimate of drug-likeness (QED) is 0.654. The van der Waals surface area contributed by atoms with Crippen molar-refractivity contribution in [2.75, 3.05) is 20.1 Å². The van der Waals surface area contributed by atoms with Crippen LogP contribution < -0.4 is 5.32 Å². The van der Waals surface area contributed by atoms with E-state index in [4.69, 9.17) is 0 Å². The van der Waals surface area contributed by atoms with Gasteiger partial charge in [-0.3, -0.25) is 19.7 Å². The lowest BCUT2D eigenvalue weighted by Gasteiger charge is -2.15. The number of likely N-dealkylation sites (N-methyl/N-ethyl adjacent to an activating group) is 1. The van der Waals surface area contributed by atoms with E-state index in [1.165, 1.54) is 11.8 Å². The molecule has 0 bridgehead atoms. The van der Waals surface area contributed by atoms with Crippen molar-refractivity contribution in [3.63, 3.8) is 0 Å². The summed E-state index contributed by atoms with van der Waals surface area (Å²) in [6.07, 6.45) is 0. The van der Waals surface area contributed by atoms with Crippen LogP contribution in [0.4, 0.5) is 10.1 Å². The second-order valence-electron chi connectivity index (χ2n) is 4.47. The van der Waals surface area contributed by atoms with Crippen molar-refractivity contribution in [3.05, 3.63) is 39.2 Å². The molecule has 8 heteroatoms. The van der Waals surface area contributed by atoms with E-state index in [1.54, 1.807) is 14.0 Å². The normalized spacial score (nSPS) is 10.1. The van der Waals surface area contributed by atoms with Gasteiger partial charge in [0.15, 0.2) is 0 Å². The molecule has 0 aliphatic carbocycles. The maximum atomic E-state index is 13.9. The maximum Gasteiger partial charge on any atom is 0.270 e. The van der Waals surface area contributed by atoms with Crippen molar-refractivity contribution >= 4 is 17.5 Å². The number of carbonyl (C=O) groups excluding carboxylic acids is 2. The third kappa shape index (κ3) is 3.98. The van der Waals surface area contributed by atoms with Crippen LogP contribution in [0, 0.1) is 22.9 Å². The predicted molar refractivity (Wildman–Crippen MR) is 73.4 cm³/mol. The van der Waals surface area contributed by atoms with E-state index >= 15 is 0 Å². The fourth-order valence-electron chi connectivity index (χ4n) is 1.58. The summed E-state index contributed by atoms with van der Waals surface area (Å²) in [5.74, 6) is -2.04. The number of nitro benzene ring substituents is 1. The van der Waals surface area contributed by atoms with E-state index in [0.29, 0.717) is 6.54 Å². The zero-order chi connectivity index (χ0) is 16.2. The Morgan fingerprint density at radius 1 is 1.43 bits per heavy atom. The topological polar surface area (TPSA) is 92.6 Å². The van der Waals surface area contributed by atoms with E-state index in [9.17, 15) is 24.1 Å². The van der Waals surface area contributed by atoms with Crippen molar-refractivity contribution in [1.29, 1.82) is 0 Å². The minimum absolute atomic E-state index is 0.00801. The Balaban J connectivity index is 2.92. The summed E-state index contributed by atoms with van der Waals surface area (Å²) in [7, 11) is 1.56. The number of hydrogen-bond donors (Lipinski definition) is 1. The fourth-order valence-corrected chi connectivity index (χ4v) is 1.58. The van der Waals surface area contributed by atoms with Gasteiger partial charge in [0.2, 0.25) is 5.91 Å². The molecule has 0 aromatic heterocycles. The van der Waals surface area contributed by atoms with E-state index in [-0.39, 0.29) is 23.7 Å². The van der Waals surface area contributed by atoms with Gasteiger partial charge in [-0.2, -0.15) is 0 Å². The number of non-ortho nitro benzene ring substituents is 1. The molecular weight excluding hydrogens is 281 g/mol. The number of benzene rings is 1. The van der Waals surface area contributed by atoms with Crippen LogP contribution in [0.1, 0.15) is 22.8 Å². The van der Waals surface area contributed by atoms with Crippen LogP contribution in [0.15, 0.2) is 12.1 Å². The lowest BCUT2D eigenvalue weighted by atomic mass is 10.1. The standard InChI is InChI=1S/C13H16FN3O4/c1-4-16(3)11(18)7-15-13(19)10-6-9(17(20)21)5-8(2)12(10)14/h5-6H,4,7H2,1-3H3,(H,15,19). The molecule has 0 atom stereocenters. The zero-order valence-corrected chi connectivity index (χ0v) is 12.0. The molecule has 0 unspecified atom stereocenters. The van der Waals surface area contributed by atoms with Gasteiger partial charge >= 0.3 is 0 Å². The van der Waals surface area contributed by atoms with Gasteiger partial charge in [-0.15, -0.1) is 0 Å². The van der Waals surface area contributed by atoms with Crippen molar-refractivity contribution in [2.45, 2.75) is 13.8 Å². The smallest absolute Gasteiger partial charge is 0.270 e. The van der Waals surface area contributed by atoms with Gasteiger partial charge in [0.25, 0.3) is 11.6 Å².